The third-order valence-electron chi connectivity index (χ3n) is 3.22. The number of nitrogens with zero attached hydrogens (tertiary/aromatic N) is 1. The minimum atomic E-state index is -0.791. The molecule has 1 atom stereocenters. The fourth-order valence-electron chi connectivity index (χ4n) is 2.28. The zero-order valence-electron chi connectivity index (χ0n) is 10.3. The number of halogens is 1. The number of nitrogens with two attached hydrogens (primary N) is 1. The number of amides is 1. The molecule has 2 rings (SSSR count). The molecule has 0 spiro atoms. The summed E-state index contributed by atoms with van der Waals surface area (Å²) in [6.07, 6.45) is 1.55. The fraction of sp³-hybridized carbons (Fsp3) is 0.462. The Morgan fingerprint density at radius 2 is 2.28 bits per heavy atom. The topological polar surface area (TPSA) is 66.6 Å². The molecule has 0 bridgehead atoms. The minimum Gasteiger partial charge on any atom is -0.398 e. The van der Waals surface area contributed by atoms with Crippen molar-refractivity contribution >= 4 is 27.5 Å². The average molecular weight is 313 g/mol. The molecule has 1 aliphatic rings. The lowest BCUT2D eigenvalue weighted by Gasteiger charge is -2.37. The number of anilines is 1. The van der Waals surface area contributed by atoms with Crippen molar-refractivity contribution in [1.82, 2.24) is 4.90 Å². The summed E-state index contributed by atoms with van der Waals surface area (Å²) < 4.78 is 0.625. The first kappa shape index (κ1) is 13.4. The zero-order chi connectivity index (χ0) is 13.3. The van der Waals surface area contributed by atoms with E-state index in [9.17, 15) is 9.90 Å². The van der Waals surface area contributed by atoms with Crippen molar-refractivity contribution in [2.24, 2.45) is 0 Å². The fourth-order valence-corrected chi connectivity index (χ4v) is 2.71. The quantitative estimate of drug-likeness (QED) is 0.780. The number of benzene rings is 1. The Bertz CT molecular complexity index is 474. The largest absolute Gasteiger partial charge is 0.398 e. The second-order valence-corrected chi connectivity index (χ2v) is 5.83. The van der Waals surface area contributed by atoms with Crippen LogP contribution < -0.4 is 5.73 Å². The number of hydrogen-bond donors (Lipinski definition) is 2. The monoisotopic (exact) mass is 312 g/mol. The van der Waals surface area contributed by atoms with Crippen LogP contribution in [0.2, 0.25) is 0 Å². The summed E-state index contributed by atoms with van der Waals surface area (Å²) in [5.74, 6) is -0.0887. The molecule has 0 saturated carbocycles. The van der Waals surface area contributed by atoms with Gasteiger partial charge in [0.05, 0.1) is 15.6 Å². The maximum absolute atomic E-state index is 12.4. The molecule has 1 saturated heterocycles. The van der Waals surface area contributed by atoms with Crippen molar-refractivity contribution in [1.29, 1.82) is 0 Å². The second-order valence-electron chi connectivity index (χ2n) is 5.04. The van der Waals surface area contributed by atoms with Gasteiger partial charge in [0.15, 0.2) is 0 Å². The van der Waals surface area contributed by atoms with Gasteiger partial charge in [0, 0.05) is 18.8 Å². The number of piperidine rings is 1. The van der Waals surface area contributed by atoms with E-state index in [0.29, 0.717) is 28.8 Å². The van der Waals surface area contributed by atoms with Crippen LogP contribution in [0.25, 0.3) is 0 Å². The van der Waals surface area contributed by atoms with Gasteiger partial charge in [0.1, 0.15) is 0 Å². The third kappa shape index (κ3) is 2.67. The summed E-state index contributed by atoms with van der Waals surface area (Å²) in [7, 11) is 0. The molecule has 1 heterocycles. The molecule has 4 nitrogen and oxygen atoms in total. The van der Waals surface area contributed by atoms with Crippen LogP contribution >= 0.6 is 15.9 Å². The summed E-state index contributed by atoms with van der Waals surface area (Å²) in [5.41, 5.74) is 6.08. The normalized spacial score (nSPS) is 24.1. The SMILES string of the molecule is CC1(O)CCCN(C(=O)c2cccc(N)c2Br)C1. The summed E-state index contributed by atoms with van der Waals surface area (Å²) in [6.45, 7) is 2.81. The standard InChI is InChI=1S/C13H17BrN2O2/c1-13(18)6-3-7-16(8-13)12(17)9-4-2-5-10(15)11(9)14/h2,4-5,18H,3,6-8,15H2,1H3. The molecule has 5 heteroatoms. The van der Waals surface area contributed by atoms with Gasteiger partial charge in [-0.2, -0.15) is 0 Å². The van der Waals surface area contributed by atoms with Gasteiger partial charge in [-0.05, 0) is 47.8 Å². The van der Waals surface area contributed by atoms with Crippen molar-refractivity contribution in [3.8, 4) is 0 Å². The number of carbonyl (C=O) groups excluding carboxylic acids is 1. The Labute approximate surface area is 115 Å². The highest BCUT2D eigenvalue weighted by atomic mass is 79.9. The lowest BCUT2D eigenvalue weighted by molar-refractivity contribution is -0.0107. The first-order valence-electron chi connectivity index (χ1n) is 5.96. The van der Waals surface area contributed by atoms with E-state index < -0.39 is 5.60 Å². The molecule has 0 radical (unpaired) electrons. The number of rotatable bonds is 1. The number of aliphatic hydroxyl groups is 1. The molecule has 0 aliphatic carbocycles. The molecular weight excluding hydrogens is 296 g/mol. The molecule has 1 amide bonds. The lowest BCUT2D eigenvalue weighted by Crippen LogP contribution is -2.48. The van der Waals surface area contributed by atoms with Crippen LogP contribution in [0.3, 0.4) is 0 Å². The van der Waals surface area contributed by atoms with Gasteiger partial charge in [-0.25, -0.2) is 0 Å². The predicted molar refractivity (Wildman–Crippen MR) is 74.3 cm³/mol. The van der Waals surface area contributed by atoms with E-state index in [1.165, 1.54) is 0 Å². The first-order chi connectivity index (χ1) is 8.41. The van der Waals surface area contributed by atoms with Gasteiger partial charge in [0.2, 0.25) is 0 Å². The van der Waals surface area contributed by atoms with E-state index in [1.807, 2.05) is 0 Å². The Balaban J connectivity index is 2.23. The van der Waals surface area contributed by atoms with Crippen LogP contribution in [0.4, 0.5) is 5.69 Å². The number of carbonyl (C=O) groups is 1. The van der Waals surface area contributed by atoms with Crippen molar-refractivity contribution < 1.29 is 9.90 Å². The van der Waals surface area contributed by atoms with Crippen molar-refractivity contribution in [2.45, 2.75) is 25.4 Å². The first-order valence-corrected chi connectivity index (χ1v) is 6.76. The van der Waals surface area contributed by atoms with Gasteiger partial charge < -0.3 is 15.7 Å². The summed E-state index contributed by atoms with van der Waals surface area (Å²) >= 11 is 3.34. The maximum atomic E-state index is 12.4. The molecule has 1 fully saturated rings. The van der Waals surface area contributed by atoms with Crippen LogP contribution in [0.5, 0.6) is 0 Å². The summed E-state index contributed by atoms with van der Waals surface area (Å²) in [5, 5.41) is 10.0. The Morgan fingerprint density at radius 3 is 2.94 bits per heavy atom. The van der Waals surface area contributed by atoms with Crippen molar-refractivity contribution in [3.05, 3.63) is 28.2 Å². The Morgan fingerprint density at radius 1 is 1.56 bits per heavy atom. The van der Waals surface area contributed by atoms with Crippen molar-refractivity contribution in [2.75, 3.05) is 18.8 Å². The molecule has 1 aromatic rings. The van der Waals surface area contributed by atoms with E-state index in [1.54, 1.807) is 30.0 Å². The van der Waals surface area contributed by atoms with E-state index in [0.717, 1.165) is 12.8 Å². The minimum absolute atomic E-state index is 0.0887. The third-order valence-corrected chi connectivity index (χ3v) is 4.11. The average Bonchev–Trinajstić information content (AvgIpc) is 2.30. The second kappa shape index (κ2) is 4.90. The Kier molecular flexibility index (Phi) is 3.64. The molecule has 1 aliphatic heterocycles. The molecule has 18 heavy (non-hydrogen) atoms. The Hall–Kier alpha value is -1.07. The molecule has 1 unspecified atom stereocenters. The van der Waals surface area contributed by atoms with Gasteiger partial charge in [-0.1, -0.05) is 6.07 Å². The van der Waals surface area contributed by atoms with E-state index in [-0.39, 0.29) is 5.91 Å². The zero-order valence-corrected chi connectivity index (χ0v) is 11.9. The number of nitrogen functional groups attached to an aromatic ring is 1. The van der Waals surface area contributed by atoms with Gasteiger partial charge >= 0.3 is 0 Å². The van der Waals surface area contributed by atoms with Crippen LogP contribution in [0.15, 0.2) is 22.7 Å². The summed E-state index contributed by atoms with van der Waals surface area (Å²) in [6, 6.07) is 5.24. The molecule has 0 aromatic heterocycles. The molecule has 3 N–H and O–H groups in total. The molecular formula is C13H17BrN2O2. The van der Waals surface area contributed by atoms with E-state index in [4.69, 9.17) is 5.73 Å². The highest BCUT2D eigenvalue weighted by Crippen LogP contribution is 2.27. The number of hydrogen-bond acceptors (Lipinski definition) is 3. The molecule has 98 valence electrons. The van der Waals surface area contributed by atoms with Gasteiger partial charge in [-0.15, -0.1) is 0 Å². The van der Waals surface area contributed by atoms with Crippen LogP contribution in [-0.2, 0) is 0 Å². The van der Waals surface area contributed by atoms with Gasteiger partial charge in [0.25, 0.3) is 5.91 Å². The van der Waals surface area contributed by atoms with E-state index in [2.05, 4.69) is 15.9 Å². The summed E-state index contributed by atoms with van der Waals surface area (Å²) in [4.78, 5) is 14.1. The predicted octanol–water partition coefficient (Wildman–Crippen LogP) is 2.02. The van der Waals surface area contributed by atoms with Crippen molar-refractivity contribution in [3.63, 3.8) is 0 Å². The smallest absolute Gasteiger partial charge is 0.255 e. The van der Waals surface area contributed by atoms with Crippen LogP contribution in [-0.4, -0.2) is 34.6 Å². The van der Waals surface area contributed by atoms with Crippen LogP contribution in [0, 0.1) is 0 Å². The highest BCUT2D eigenvalue weighted by molar-refractivity contribution is 9.10. The number of likely N-dealkylation sites (tertiary alicyclic amines) is 1. The van der Waals surface area contributed by atoms with Crippen LogP contribution in [0.1, 0.15) is 30.1 Å². The number of β-amino-alcohol motifs (C(OH)–C–C–N with tert-alkyl or cyclic N) is 1. The highest BCUT2D eigenvalue weighted by Gasteiger charge is 2.31. The van der Waals surface area contributed by atoms with Gasteiger partial charge in [-0.3, -0.25) is 4.79 Å². The molecule has 1 aromatic carbocycles. The van der Waals surface area contributed by atoms with E-state index >= 15 is 0 Å². The maximum Gasteiger partial charge on any atom is 0.255 e. The lowest BCUT2D eigenvalue weighted by atomic mass is 9.94.